The molecule has 2 aromatic rings. The highest BCUT2D eigenvalue weighted by Crippen LogP contribution is 2.27. The van der Waals surface area contributed by atoms with Crippen molar-refractivity contribution in [2.24, 2.45) is 5.92 Å². The summed E-state index contributed by atoms with van der Waals surface area (Å²) in [5.74, 6) is 1.66. The Morgan fingerprint density at radius 1 is 1.46 bits per heavy atom. The molecule has 136 valence electrons. The number of carbonyl (C=O) groups is 1. The van der Waals surface area contributed by atoms with Crippen LogP contribution in [0.25, 0.3) is 0 Å². The lowest BCUT2D eigenvalue weighted by atomic mass is 9.97. The number of hydrogen-bond acceptors (Lipinski definition) is 6. The Kier molecular flexibility index (Phi) is 5.21. The van der Waals surface area contributed by atoms with Crippen LogP contribution in [-0.2, 0) is 11.3 Å². The van der Waals surface area contributed by atoms with Gasteiger partial charge in [-0.1, -0.05) is 0 Å². The van der Waals surface area contributed by atoms with Crippen molar-refractivity contribution in [1.82, 2.24) is 14.5 Å². The molecule has 0 aromatic carbocycles. The van der Waals surface area contributed by atoms with Gasteiger partial charge in [0.25, 0.3) is 0 Å². The maximum absolute atomic E-state index is 11.9. The number of aromatic nitrogens is 3. The van der Waals surface area contributed by atoms with Gasteiger partial charge in [-0.25, -0.2) is 14.8 Å². The predicted octanol–water partition coefficient (Wildman–Crippen LogP) is 2.47. The number of methoxy groups -OCH3 is 1. The zero-order valence-corrected chi connectivity index (χ0v) is 15.4. The van der Waals surface area contributed by atoms with Gasteiger partial charge in [-0.05, 0) is 38.7 Å². The summed E-state index contributed by atoms with van der Waals surface area (Å²) in [6.07, 6.45) is 6.00. The molecule has 1 aliphatic heterocycles. The molecule has 7 heteroatoms. The van der Waals surface area contributed by atoms with Gasteiger partial charge in [-0.3, -0.25) is 0 Å². The number of hydrogen-bond donors (Lipinski definition) is 0. The lowest BCUT2D eigenvalue weighted by Gasteiger charge is -2.34. The molecule has 0 aliphatic carbocycles. The molecular weight excluding hydrogens is 330 g/mol. The van der Waals surface area contributed by atoms with Crippen molar-refractivity contribution in [3.05, 3.63) is 41.1 Å². The summed E-state index contributed by atoms with van der Waals surface area (Å²) in [5, 5.41) is 9.55. The minimum atomic E-state index is -0.467. The number of carbonyl (C=O) groups excluding carboxylic acids is 1. The van der Waals surface area contributed by atoms with Crippen molar-refractivity contribution >= 4 is 11.8 Å². The van der Waals surface area contributed by atoms with Gasteiger partial charge >= 0.3 is 5.97 Å². The van der Waals surface area contributed by atoms with Gasteiger partial charge in [0.15, 0.2) is 0 Å². The van der Waals surface area contributed by atoms with Crippen LogP contribution in [0.15, 0.2) is 18.5 Å². The predicted molar refractivity (Wildman–Crippen MR) is 96.9 cm³/mol. The van der Waals surface area contributed by atoms with Crippen molar-refractivity contribution in [2.45, 2.75) is 33.2 Å². The van der Waals surface area contributed by atoms with E-state index in [0.717, 1.165) is 38.3 Å². The first-order valence-electron chi connectivity index (χ1n) is 8.76. The van der Waals surface area contributed by atoms with E-state index in [1.165, 1.54) is 7.11 Å². The quantitative estimate of drug-likeness (QED) is 0.785. The Morgan fingerprint density at radius 3 is 2.92 bits per heavy atom. The number of ether oxygens (including phenoxy) is 1. The average molecular weight is 353 g/mol. The normalized spacial score (nSPS) is 17.0. The van der Waals surface area contributed by atoms with Crippen LogP contribution < -0.4 is 4.90 Å². The molecule has 1 unspecified atom stereocenters. The number of pyridine rings is 1. The molecule has 1 saturated heterocycles. The number of anilines is 1. The Hall–Kier alpha value is -2.88. The summed E-state index contributed by atoms with van der Waals surface area (Å²) in [4.78, 5) is 22.9. The van der Waals surface area contributed by atoms with Crippen LogP contribution in [0.5, 0.6) is 0 Å². The van der Waals surface area contributed by atoms with Gasteiger partial charge < -0.3 is 14.2 Å². The minimum Gasteiger partial charge on any atom is -0.465 e. The zero-order chi connectivity index (χ0) is 18.7. The van der Waals surface area contributed by atoms with E-state index in [-0.39, 0.29) is 0 Å². The zero-order valence-electron chi connectivity index (χ0n) is 15.4. The largest absolute Gasteiger partial charge is 0.465 e. The van der Waals surface area contributed by atoms with Crippen molar-refractivity contribution in [1.29, 1.82) is 5.26 Å². The molecule has 3 heterocycles. The van der Waals surface area contributed by atoms with Crippen LogP contribution in [0, 0.1) is 31.1 Å². The summed E-state index contributed by atoms with van der Waals surface area (Å²) in [6, 6.07) is 3.77. The molecule has 1 fully saturated rings. The lowest BCUT2D eigenvalue weighted by molar-refractivity contribution is 0.0599. The van der Waals surface area contributed by atoms with Crippen molar-refractivity contribution < 1.29 is 9.53 Å². The van der Waals surface area contributed by atoms with Crippen LogP contribution in [0.2, 0.25) is 0 Å². The smallest absolute Gasteiger partial charge is 0.339 e. The van der Waals surface area contributed by atoms with Gasteiger partial charge in [-0.2, -0.15) is 5.26 Å². The van der Waals surface area contributed by atoms with Gasteiger partial charge in [0.2, 0.25) is 0 Å². The topological polar surface area (TPSA) is 84.0 Å². The molecule has 0 N–H and O–H groups in total. The third-order valence-corrected chi connectivity index (χ3v) is 4.92. The Morgan fingerprint density at radius 2 is 2.27 bits per heavy atom. The molecule has 1 atom stereocenters. The molecular formula is C19H23N5O2. The van der Waals surface area contributed by atoms with Gasteiger partial charge in [0.1, 0.15) is 17.7 Å². The fraction of sp³-hybridized carbons (Fsp3) is 0.474. The Labute approximate surface area is 153 Å². The molecule has 1 aliphatic rings. The summed E-state index contributed by atoms with van der Waals surface area (Å²) < 4.78 is 6.94. The van der Waals surface area contributed by atoms with E-state index in [2.05, 4.69) is 25.5 Å². The second-order valence-electron chi connectivity index (χ2n) is 6.68. The van der Waals surface area contributed by atoms with Crippen molar-refractivity contribution in [2.75, 3.05) is 25.1 Å². The first-order chi connectivity index (χ1) is 12.5. The fourth-order valence-corrected chi connectivity index (χ4v) is 3.51. The number of rotatable bonds is 4. The summed E-state index contributed by atoms with van der Waals surface area (Å²) in [6.45, 7) is 6.37. The van der Waals surface area contributed by atoms with E-state index in [1.807, 2.05) is 19.3 Å². The van der Waals surface area contributed by atoms with Crippen LogP contribution in [0.4, 0.5) is 5.82 Å². The number of piperidine rings is 1. The maximum atomic E-state index is 11.9. The molecule has 0 amide bonds. The highest BCUT2D eigenvalue weighted by molar-refractivity contribution is 5.91. The van der Waals surface area contributed by atoms with E-state index in [4.69, 9.17) is 4.74 Å². The Bertz CT molecular complexity index is 852. The number of esters is 1. The average Bonchev–Trinajstić information content (AvgIpc) is 3.05. The molecule has 0 saturated carbocycles. The van der Waals surface area contributed by atoms with Crippen LogP contribution in [0.3, 0.4) is 0 Å². The van der Waals surface area contributed by atoms with Gasteiger partial charge in [0.05, 0.1) is 23.9 Å². The molecule has 26 heavy (non-hydrogen) atoms. The van der Waals surface area contributed by atoms with Gasteiger partial charge in [0, 0.05) is 32.0 Å². The Balaban J connectivity index is 1.84. The summed E-state index contributed by atoms with van der Waals surface area (Å²) in [7, 11) is 1.33. The van der Waals surface area contributed by atoms with Crippen LogP contribution in [0.1, 0.15) is 40.3 Å². The van der Waals surface area contributed by atoms with E-state index in [1.54, 1.807) is 13.0 Å². The third kappa shape index (κ3) is 3.54. The highest BCUT2D eigenvalue weighted by Gasteiger charge is 2.25. The summed E-state index contributed by atoms with van der Waals surface area (Å²) >= 11 is 0. The number of nitriles is 1. The fourth-order valence-electron chi connectivity index (χ4n) is 3.51. The van der Waals surface area contributed by atoms with E-state index in [0.29, 0.717) is 28.6 Å². The van der Waals surface area contributed by atoms with Crippen LogP contribution >= 0.6 is 0 Å². The third-order valence-electron chi connectivity index (χ3n) is 4.92. The second-order valence-corrected chi connectivity index (χ2v) is 6.68. The molecule has 3 rings (SSSR count). The lowest BCUT2D eigenvalue weighted by Crippen LogP contribution is -2.38. The number of nitrogens with zero attached hydrogens (tertiary/aromatic N) is 5. The highest BCUT2D eigenvalue weighted by atomic mass is 16.5. The van der Waals surface area contributed by atoms with E-state index < -0.39 is 5.97 Å². The van der Waals surface area contributed by atoms with Crippen molar-refractivity contribution in [3.63, 3.8) is 0 Å². The monoisotopic (exact) mass is 353 g/mol. The number of aryl methyl sites for hydroxylation is 2. The first kappa shape index (κ1) is 17.9. The second kappa shape index (κ2) is 7.56. The molecule has 0 radical (unpaired) electrons. The SMILES string of the molecule is COC(=O)c1cc(C#N)c(N2CCCC(Cn3ccnc3C)C2)nc1C. The molecule has 2 aromatic heterocycles. The minimum absolute atomic E-state index is 0.343. The van der Waals surface area contributed by atoms with Crippen molar-refractivity contribution in [3.8, 4) is 6.07 Å². The molecule has 0 spiro atoms. The van der Waals surface area contributed by atoms with Gasteiger partial charge in [-0.15, -0.1) is 0 Å². The maximum Gasteiger partial charge on any atom is 0.339 e. The standard InChI is InChI=1S/C19H23N5O2/c1-13-17(19(25)26-3)9-16(10-20)18(22-13)24-7-4-5-15(12-24)11-23-8-6-21-14(23)2/h6,8-9,15H,4-5,7,11-12H2,1-3H3. The van der Waals surface area contributed by atoms with Crippen LogP contribution in [-0.4, -0.2) is 40.7 Å². The molecule has 0 bridgehead atoms. The number of imidazole rings is 1. The van der Waals surface area contributed by atoms with E-state index >= 15 is 0 Å². The first-order valence-corrected chi connectivity index (χ1v) is 8.76. The molecule has 7 nitrogen and oxygen atoms in total. The summed E-state index contributed by atoms with van der Waals surface area (Å²) in [5.41, 5.74) is 1.34. The van der Waals surface area contributed by atoms with E-state index in [9.17, 15) is 10.1 Å².